The van der Waals surface area contributed by atoms with Crippen LogP contribution in [0.3, 0.4) is 0 Å². The molecule has 6 heteroatoms. The molecule has 40 heavy (non-hydrogen) atoms. The van der Waals surface area contributed by atoms with E-state index in [1.165, 1.54) is 17.5 Å². The number of carbonyl (C=O) groups excluding carboxylic acids is 1. The highest BCUT2D eigenvalue weighted by Crippen LogP contribution is 2.36. The molecule has 4 aromatic carbocycles. The van der Waals surface area contributed by atoms with Crippen LogP contribution >= 0.6 is 0 Å². The second kappa shape index (κ2) is 11.2. The van der Waals surface area contributed by atoms with Crippen LogP contribution in [-0.2, 0) is 6.42 Å². The number of imidazole rings is 1. The summed E-state index contributed by atoms with van der Waals surface area (Å²) >= 11 is 0. The first-order valence-electron chi connectivity index (χ1n) is 13.8. The smallest absolute Gasteiger partial charge is 0.335 e. The minimum atomic E-state index is -0.970. The Hall–Kier alpha value is -4.71. The fraction of sp³-hybridized carbons (Fsp3) is 0.206. The molecular weight excluding hydrogens is 498 g/mol. The van der Waals surface area contributed by atoms with Crippen LogP contribution in [0.1, 0.15) is 70.0 Å². The Bertz CT molecular complexity index is 1670. The summed E-state index contributed by atoms with van der Waals surface area (Å²) in [5, 5.41) is 12.5. The van der Waals surface area contributed by atoms with Gasteiger partial charge in [0.15, 0.2) is 0 Å². The van der Waals surface area contributed by atoms with Crippen molar-refractivity contribution in [2.75, 3.05) is 5.32 Å². The fourth-order valence-electron chi connectivity index (χ4n) is 5.68. The molecule has 6 nitrogen and oxygen atoms in total. The molecule has 6 rings (SSSR count). The van der Waals surface area contributed by atoms with Crippen LogP contribution in [-0.4, -0.2) is 26.5 Å². The Morgan fingerprint density at radius 3 is 2.30 bits per heavy atom. The van der Waals surface area contributed by atoms with Gasteiger partial charge in [-0.3, -0.25) is 4.79 Å². The third-order valence-corrected chi connectivity index (χ3v) is 7.72. The summed E-state index contributed by atoms with van der Waals surface area (Å²) in [5.74, 6) is -0.391. The van der Waals surface area contributed by atoms with Gasteiger partial charge in [0.25, 0.3) is 5.91 Å². The number of carboxylic acids is 1. The Kier molecular flexibility index (Phi) is 7.15. The number of nitrogens with zero attached hydrogens (tertiary/aromatic N) is 2. The summed E-state index contributed by atoms with van der Waals surface area (Å²) in [6.07, 6.45) is 6.49. The summed E-state index contributed by atoms with van der Waals surface area (Å²) in [7, 11) is 0. The first kappa shape index (κ1) is 25.6. The summed E-state index contributed by atoms with van der Waals surface area (Å²) in [4.78, 5) is 29.7. The van der Waals surface area contributed by atoms with Crippen molar-refractivity contribution in [3.63, 3.8) is 0 Å². The topological polar surface area (TPSA) is 84.2 Å². The zero-order valence-electron chi connectivity index (χ0n) is 22.2. The van der Waals surface area contributed by atoms with E-state index in [2.05, 4.69) is 22.0 Å². The number of carboxylic acid groups (broad SMARTS) is 1. The van der Waals surface area contributed by atoms with Gasteiger partial charge in [0, 0.05) is 22.9 Å². The second-order valence-corrected chi connectivity index (χ2v) is 10.5. The molecule has 0 saturated heterocycles. The highest BCUT2D eigenvalue weighted by molar-refractivity contribution is 6.05. The SMILES string of the molecule is O=C(O)c1ccc2c(c1)nc(-c1cccc(C(=O)Nc3ccc(Cc4ccccc4)cc3)c1)n2C1CCCCC1. The van der Waals surface area contributed by atoms with Crippen molar-refractivity contribution in [2.45, 2.75) is 44.6 Å². The Labute approximate surface area is 233 Å². The monoisotopic (exact) mass is 529 g/mol. The van der Waals surface area contributed by atoms with E-state index in [9.17, 15) is 14.7 Å². The normalized spacial score (nSPS) is 13.8. The average molecular weight is 530 g/mol. The van der Waals surface area contributed by atoms with Crippen LogP contribution in [0.2, 0.25) is 0 Å². The van der Waals surface area contributed by atoms with Crippen molar-refractivity contribution < 1.29 is 14.7 Å². The number of hydrogen-bond donors (Lipinski definition) is 2. The largest absolute Gasteiger partial charge is 0.478 e. The van der Waals surface area contributed by atoms with Gasteiger partial charge in [-0.15, -0.1) is 0 Å². The van der Waals surface area contributed by atoms with Gasteiger partial charge >= 0.3 is 5.97 Å². The van der Waals surface area contributed by atoms with Gasteiger partial charge in [0.1, 0.15) is 5.82 Å². The molecule has 5 aromatic rings. The average Bonchev–Trinajstić information content (AvgIpc) is 3.38. The number of nitrogens with one attached hydrogen (secondary N) is 1. The summed E-state index contributed by atoms with van der Waals surface area (Å²) < 4.78 is 2.25. The summed E-state index contributed by atoms with van der Waals surface area (Å²) in [6, 6.07) is 31.2. The number of carbonyl (C=O) groups is 2. The Morgan fingerprint density at radius 1 is 0.800 bits per heavy atom. The van der Waals surface area contributed by atoms with Gasteiger partial charge in [-0.2, -0.15) is 0 Å². The molecule has 1 aliphatic carbocycles. The van der Waals surface area contributed by atoms with Gasteiger partial charge < -0.3 is 15.0 Å². The van der Waals surface area contributed by atoms with E-state index in [0.717, 1.165) is 54.7 Å². The standard InChI is InChI=1S/C34H31N3O3/c38-33(35-28-17-14-24(15-18-28)20-23-8-3-1-4-9-23)26-11-7-10-25(21-26)32-36-30-22-27(34(39)40)16-19-31(30)37(32)29-12-5-2-6-13-29/h1,3-4,7-11,14-19,21-22,29H,2,5-6,12-13,20H2,(H,35,38)(H,39,40). The highest BCUT2D eigenvalue weighted by atomic mass is 16.4. The number of anilines is 1. The van der Waals surface area contributed by atoms with E-state index in [4.69, 9.17) is 4.98 Å². The molecule has 1 saturated carbocycles. The van der Waals surface area contributed by atoms with Gasteiger partial charge in [-0.05, 0) is 72.9 Å². The number of aromatic nitrogens is 2. The Balaban J connectivity index is 1.27. The highest BCUT2D eigenvalue weighted by Gasteiger charge is 2.23. The lowest BCUT2D eigenvalue weighted by Gasteiger charge is -2.25. The maximum absolute atomic E-state index is 13.2. The number of fused-ring (bicyclic) bond motifs is 1. The van der Waals surface area contributed by atoms with Crippen molar-refractivity contribution in [1.82, 2.24) is 9.55 Å². The Morgan fingerprint density at radius 2 is 1.55 bits per heavy atom. The van der Waals surface area contributed by atoms with E-state index >= 15 is 0 Å². The van der Waals surface area contributed by atoms with E-state index < -0.39 is 5.97 Å². The van der Waals surface area contributed by atoms with E-state index in [-0.39, 0.29) is 17.5 Å². The van der Waals surface area contributed by atoms with E-state index in [1.54, 1.807) is 18.2 Å². The summed E-state index contributed by atoms with van der Waals surface area (Å²) in [6.45, 7) is 0. The minimum Gasteiger partial charge on any atom is -0.478 e. The van der Waals surface area contributed by atoms with Gasteiger partial charge in [-0.1, -0.05) is 73.9 Å². The second-order valence-electron chi connectivity index (χ2n) is 10.5. The molecule has 1 aromatic heterocycles. The number of rotatable bonds is 7. The van der Waals surface area contributed by atoms with Crippen LogP contribution < -0.4 is 5.32 Å². The van der Waals surface area contributed by atoms with Crippen LogP contribution in [0.4, 0.5) is 5.69 Å². The number of hydrogen-bond acceptors (Lipinski definition) is 3. The lowest BCUT2D eigenvalue weighted by molar-refractivity contribution is 0.0696. The molecule has 1 heterocycles. The lowest BCUT2D eigenvalue weighted by Crippen LogP contribution is -2.15. The van der Waals surface area contributed by atoms with Crippen molar-refractivity contribution in [1.29, 1.82) is 0 Å². The lowest BCUT2D eigenvalue weighted by atomic mass is 9.94. The maximum Gasteiger partial charge on any atom is 0.335 e. The molecule has 0 radical (unpaired) electrons. The summed E-state index contributed by atoms with van der Waals surface area (Å²) in [5.41, 5.74) is 6.35. The number of aromatic carboxylic acids is 1. The van der Waals surface area contributed by atoms with Crippen LogP contribution in [0.5, 0.6) is 0 Å². The van der Waals surface area contributed by atoms with Crippen LogP contribution in [0, 0.1) is 0 Å². The molecule has 0 aliphatic heterocycles. The predicted octanol–water partition coefficient (Wildman–Crippen LogP) is 7.75. The third kappa shape index (κ3) is 5.38. The van der Waals surface area contributed by atoms with Crippen molar-refractivity contribution in [3.8, 4) is 11.4 Å². The number of benzene rings is 4. The molecule has 1 amide bonds. The number of amides is 1. The first-order chi connectivity index (χ1) is 19.5. The third-order valence-electron chi connectivity index (χ3n) is 7.72. The van der Waals surface area contributed by atoms with Crippen LogP contribution in [0.15, 0.2) is 97.1 Å². The van der Waals surface area contributed by atoms with Crippen LogP contribution in [0.25, 0.3) is 22.4 Å². The zero-order valence-corrected chi connectivity index (χ0v) is 22.2. The molecule has 200 valence electrons. The predicted molar refractivity (Wildman–Crippen MR) is 158 cm³/mol. The first-order valence-corrected chi connectivity index (χ1v) is 13.8. The maximum atomic E-state index is 13.2. The quantitative estimate of drug-likeness (QED) is 0.226. The van der Waals surface area contributed by atoms with Crippen molar-refractivity contribution in [2.24, 2.45) is 0 Å². The molecule has 0 bridgehead atoms. The zero-order chi connectivity index (χ0) is 27.5. The molecule has 0 unspecified atom stereocenters. The van der Waals surface area contributed by atoms with E-state index in [0.29, 0.717) is 11.1 Å². The van der Waals surface area contributed by atoms with Gasteiger partial charge in [0.05, 0.1) is 16.6 Å². The van der Waals surface area contributed by atoms with Gasteiger partial charge in [0.2, 0.25) is 0 Å². The molecule has 1 fully saturated rings. The molecule has 0 atom stereocenters. The van der Waals surface area contributed by atoms with Gasteiger partial charge in [-0.25, -0.2) is 9.78 Å². The molecule has 1 aliphatic rings. The van der Waals surface area contributed by atoms with E-state index in [1.807, 2.05) is 66.7 Å². The molecular formula is C34H31N3O3. The van der Waals surface area contributed by atoms with Crippen molar-refractivity contribution >= 4 is 28.6 Å². The minimum absolute atomic E-state index is 0.189. The fourth-order valence-corrected chi connectivity index (χ4v) is 5.68. The molecule has 0 spiro atoms. The molecule has 2 N–H and O–H groups in total. The van der Waals surface area contributed by atoms with Crippen molar-refractivity contribution in [3.05, 3.63) is 119 Å².